The molecule has 1 atom stereocenters. The molecule has 0 saturated carbocycles. The number of halogens is 2. The topological polar surface area (TPSA) is 72.6 Å². The van der Waals surface area contributed by atoms with Crippen LogP contribution in [0.1, 0.15) is 47.0 Å². The van der Waals surface area contributed by atoms with Crippen molar-refractivity contribution in [2.45, 2.75) is 32.4 Å². The van der Waals surface area contributed by atoms with Crippen LogP contribution < -0.4 is 0 Å². The lowest BCUT2D eigenvalue weighted by Gasteiger charge is -2.23. The molecule has 0 radical (unpaired) electrons. The van der Waals surface area contributed by atoms with Crippen molar-refractivity contribution in [2.75, 3.05) is 20.7 Å². The first-order valence-corrected chi connectivity index (χ1v) is 11.5. The van der Waals surface area contributed by atoms with E-state index in [-0.39, 0.29) is 22.0 Å². The van der Waals surface area contributed by atoms with Gasteiger partial charge in [-0.05, 0) is 56.0 Å². The minimum absolute atomic E-state index is 0.0184. The second kappa shape index (κ2) is 9.14. The van der Waals surface area contributed by atoms with Crippen LogP contribution in [0.3, 0.4) is 0 Å². The van der Waals surface area contributed by atoms with Gasteiger partial charge in [-0.25, -0.2) is 18.5 Å². The second-order valence-corrected chi connectivity index (χ2v) is 8.92. The van der Waals surface area contributed by atoms with Crippen LogP contribution in [-0.4, -0.2) is 52.5 Å². The Kier molecular flexibility index (Phi) is 6.02. The zero-order chi connectivity index (χ0) is 24.7. The number of hydrogen-bond donors (Lipinski definition) is 0. The number of nitrogens with zero attached hydrogens (tertiary/aromatic N) is 5. The molecule has 4 aromatic rings. The molecule has 0 N–H and O–H groups in total. The van der Waals surface area contributed by atoms with E-state index in [1.165, 1.54) is 10.9 Å². The van der Waals surface area contributed by atoms with Gasteiger partial charge >= 0.3 is 0 Å². The van der Waals surface area contributed by atoms with Gasteiger partial charge in [-0.3, -0.25) is 9.78 Å². The summed E-state index contributed by atoms with van der Waals surface area (Å²) in [5.41, 5.74) is 2.13. The number of aryl methyl sites for hydroxylation is 1. The molecule has 1 fully saturated rings. The minimum atomic E-state index is -1.11. The summed E-state index contributed by atoms with van der Waals surface area (Å²) < 4.78 is 37.0. The van der Waals surface area contributed by atoms with E-state index in [0.717, 1.165) is 24.5 Å². The lowest BCUT2D eigenvalue weighted by atomic mass is 9.94. The quantitative estimate of drug-likeness (QED) is 0.221. The van der Waals surface area contributed by atoms with Crippen LogP contribution in [-0.2, 0) is 4.74 Å². The van der Waals surface area contributed by atoms with Gasteiger partial charge in [-0.1, -0.05) is 0 Å². The molecule has 3 heterocycles. The van der Waals surface area contributed by atoms with Crippen molar-refractivity contribution >= 4 is 39.6 Å². The number of rotatable bonds is 5. The summed E-state index contributed by atoms with van der Waals surface area (Å²) >= 11 is 0. The highest BCUT2D eigenvalue weighted by Crippen LogP contribution is 2.36. The number of ether oxygens (including phenoxy) is 1. The van der Waals surface area contributed by atoms with Crippen LogP contribution in [0.4, 0.5) is 14.5 Å². The predicted molar refractivity (Wildman–Crippen MR) is 130 cm³/mol. The smallest absolute Gasteiger partial charge is 0.196 e. The molecule has 7 nitrogen and oxygen atoms in total. The number of aliphatic imine (C=N–C) groups is 1. The van der Waals surface area contributed by atoms with Gasteiger partial charge in [0.15, 0.2) is 23.6 Å². The van der Waals surface area contributed by atoms with E-state index in [1.54, 1.807) is 29.6 Å². The third-order valence-corrected chi connectivity index (χ3v) is 6.16. The molecule has 0 aliphatic carbocycles. The van der Waals surface area contributed by atoms with E-state index in [9.17, 15) is 9.18 Å². The average Bonchev–Trinajstić information content (AvgIpc) is 3.31. The van der Waals surface area contributed by atoms with Crippen LogP contribution in [0, 0.1) is 18.6 Å². The first-order chi connectivity index (χ1) is 16.9. The van der Waals surface area contributed by atoms with Crippen molar-refractivity contribution in [3.63, 3.8) is 0 Å². The molecule has 0 bridgehead atoms. The maximum atomic E-state index is 15.0. The molecule has 1 saturated heterocycles. The molecular weight excluding hydrogens is 452 g/mol. The summed E-state index contributed by atoms with van der Waals surface area (Å²) in [7, 11) is 3.64. The summed E-state index contributed by atoms with van der Waals surface area (Å²) in [4.78, 5) is 24.6. The maximum absolute atomic E-state index is 15.0. The molecule has 1 unspecified atom stereocenters. The molecule has 2 aromatic heterocycles. The fourth-order valence-electron chi connectivity index (χ4n) is 4.52. The third-order valence-electron chi connectivity index (χ3n) is 6.16. The standard InChI is InChI=1S/C26H25F2N5O2/c1-15-11-18(24(30-14-32(2)3)16-7-6-9-29-23(15)16)26(34)17-12-20(27)22(28)25-19(17)13-31-33(25)21-8-4-5-10-35-21/h6-7,9,11-14,21H,4-5,8,10H2,1-3H3/b30-14+. The summed E-state index contributed by atoms with van der Waals surface area (Å²) in [6.45, 7) is 2.37. The lowest BCUT2D eigenvalue weighted by Crippen LogP contribution is -2.19. The highest BCUT2D eigenvalue weighted by molar-refractivity contribution is 6.21. The molecule has 0 spiro atoms. The van der Waals surface area contributed by atoms with Gasteiger partial charge < -0.3 is 9.64 Å². The van der Waals surface area contributed by atoms with Crippen LogP contribution in [0.15, 0.2) is 41.7 Å². The van der Waals surface area contributed by atoms with Gasteiger partial charge in [0.2, 0.25) is 0 Å². The summed E-state index contributed by atoms with van der Waals surface area (Å²) in [6.07, 6.45) is 6.60. The molecule has 35 heavy (non-hydrogen) atoms. The summed E-state index contributed by atoms with van der Waals surface area (Å²) in [6, 6.07) is 6.25. The van der Waals surface area contributed by atoms with Crippen molar-refractivity contribution in [1.29, 1.82) is 0 Å². The number of carbonyl (C=O) groups is 1. The Morgan fingerprint density at radius 1 is 1.23 bits per heavy atom. The van der Waals surface area contributed by atoms with Crippen molar-refractivity contribution in [2.24, 2.45) is 4.99 Å². The first-order valence-electron chi connectivity index (χ1n) is 11.5. The van der Waals surface area contributed by atoms with Gasteiger partial charge in [-0.2, -0.15) is 5.10 Å². The number of carbonyl (C=O) groups excluding carboxylic acids is 1. The van der Waals surface area contributed by atoms with E-state index in [0.29, 0.717) is 29.6 Å². The predicted octanol–water partition coefficient (Wildman–Crippen LogP) is 5.32. The molecule has 9 heteroatoms. The Bertz CT molecular complexity index is 1470. The van der Waals surface area contributed by atoms with Gasteiger partial charge in [-0.15, -0.1) is 0 Å². The third kappa shape index (κ3) is 4.05. The SMILES string of the molecule is Cc1cc(C(=O)c2cc(F)c(F)c3c2cnn3C2CCCCO2)c(/N=C/N(C)C)c2cccnc12. The lowest BCUT2D eigenvalue weighted by molar-refractivity contribution is -0.0369. The highest BCUT2D eigenvalue weighted by Gasteiger charge is 2.27. The van der Waals surface area contributed by atoms with E-state index >= 15 is 4.39 Å². The number of ketones is 1. The number of pyridine rings is 1. The number of fused-ring (bicyclic) bond motifs is 2. The van der Waals surface area contributed by atoms with Crippen molar-refractivity contribution in [3.8, 4) is 0 Å². The van der Waals surface area contributed by atoms with Gasteiger partial charge in [0.25, 0.3) is 0 Å². The van der Waals surface area contributed by atoms with Crippen LogP contribution in [0.5, 0.6) is 0 Å². The number of aromatic nitrogens is 3. The normalized spacial score (nSPS) is 16.4. The summed E-state index contributed by atoms with van der Waals surface area (Å²) in [5, 5.41) is 5.22. The fourth-order valence-corrected chi connectivity index (χ4v) is 4.52. The molecule has 180 valence electrons. The Morgan fingerprint density at radius 2 is 2.06 bits per heavy atom. The second-order valence-electron chi connectivity index (χ2n) is 8.92. The van der Waals surface area contributed by atoms with E-state index < -0.39 is 23.6 Å². The molecule has 2 aromatic carbocycles. The Hall–Kier alpha value is -3.72. The van der Waals surface area contributed by atoms with Crippen LogP contribution in [0.2, 0.25) is 0 Å². The van der Waals surface area contributed by atoms with Crippen molar-refractivity contribution in [1.82, 2.24) is 19.7 Å². The molecule has 0 amide bonds. The van der Waals surface area contributed by atoms with Crippen molar-refractivity contribution in [3.05, 3.63) is 65.0 Å². The van der Waals surface area contributed by atoms with E-state index in [2.05, 4.69) is 15.1 Å². The van der Waals surface area contributed by atoms with Crippen molar-refractivity contribution < 1.29 is 18.3 Å². The highest BCUT2D eigenvalue weighted by atomic mass is 19.2. The van der Waals surface area contributed by atoms with E-state index in [4.69, 9.17) is 4.74 Å². The van der Waals surface area contributed by atoms with Crippen LogP contribution >= 0.6 is 0 Å². The zero-order valence-electron chi connectivity index (χ0n) is 19.8. The Labute approximate surface area is 201 Å². The molecule has 1 aliphatic heterocycles. The minimum Gasteiger partial charge on any atom is -0.369 e. The Balaban J connectivity index is 1.72. The monoisotopic (exact) mass is 477 g/mol. The largest absolute Gasteiger partial charge is 0.369 e. The van der Waals surface area contributed by atoms with Gasteiger partial charge in [0.1, 0.15) is 5.52 Å². The maximum Gasteiger partial charge on any atom is 0.196 e. The fraction of sp³-hybridized carbons (Fsp3) is 0.308. The number of hydrogen-bond acceptors (Lipinski definition) is 5. The van der Waals surface area contributed by atoms with Crippen LogP contribution in [0.25, 0.3) is 21.8 Å². The zero-order valence-corrected chi connectivity index (χ0v) is 19.8. The summed E-state index contributed by atoms with van der Waals surface area (Å²) in [5.74, 6) is -2.64. The van der Waals surface area contributed by atoms with E-state index in [1.807, 2.05) is 27.1 Å². The Morgan fingerprint density at radius 3 is 2.80 bits per heavy atom. The van der Waals surface area contributed by atoms with Gasteiger partial charge in [0.05, 0.1) is 23.7 Å². The molecular formula is C26H25F2N5O2. The number of benzene rings is 2. The first kappa shape index (κ1) is 23.0. The molecule has 5 rings (SSSR count). The van der Waals surface area contributed by atoms with Gasteiger partial charge in [0, 0.05) is 48.8 Å². The molecule has 1 aliphatic rings. The average molecular weight is 478 g/mol.